The summed E-state index contributed by atoms with van der Waals surface area (Å²) in [7, 11) is 0. The minimum atomic E-state index is -0.521. The number of nitrogens with one attached hydrogen (secondary N) is 2. The third-order valence-corrected chi connectivity index (χ3v) is 7.53. The maximum atomic E-state index is 12.9. The molecule has 9 nitrogen and oxygen atoms in total. The van der Waals surface area contributed by atoms with Crippen LogP contribution in [-0.2, 0) is 9.53 Å². The van der Waals surface area contributed by atoms with Gasteiger partial charge in [0.05, 0.1) is 19.1 Å². The number of rotatable bonds is 6. The highest BCUT2D eigenvalue weighted by atomic mass is 16.7. The number of fused-ring (bicyclic) bond motifs is 4. The lowest BCUT2D eigenvalue weighted by molar-refractivity contribution is -0.142. The van der Waals surface area contributed by atoms with Gasteiger partial charge in [-0.25, -0.2) is 0 Å². The summed E-state index contributed by atoms with van der Waals surface area (Å²) in [6, 6.07) is 10.9. The highest BCUT2D eigenvalue weighted by Crippen LogP contribution is 2.47. The van der Waals surface area contributed by atoms with Crippen molar-refractivity contribution in [1.82, 2.24) is 5.32 Å². The number of hydrogen-bond donors (Lipinski definition) is 3. The second kappa shape index (κ2) is 9.63. The van der Waals surface area contributed by atoms with Crippen molar-refractivity contribution in [2.45, 2.75) is 68.8 Å². The lowest BCUT2D eigenvalue weighted by Gasteiger charge is -2.37. The Labute approximate surface area is 209 Å². The molecule has 4 aliphatic rings. The minimum Gasteiger partial charge on any atom is -0.487 e. The predicted octanol–water partition coefficient (Wildman–Crippen LogP) is 3.11. The van der Waals surface area contributed by atoms with Crippen LogP contribution in [0.15, 0.2) is 36.4 Å². The molecule has 2 aromatic rings. The summed E-state index contributed by atoms with van der Waals surface area (Å²) in [5.41, 5.74) is 2.06. The van der Waals surface area contributed by atoms with Crippen LogP contribution in [0.25, 0.3) is 0 Å². The molecule has 2 aromatic carbocycles. The maximum absolute atomic E-state index is 12.9. The number of anilines is 1. The van der Waals surface area contributed by atoms with Crippen molar-refractivity contribution in [2.24, 2.45) is 0 Å². The Kier molecular flexibility index (Phi) is 6.18. The molecule has 36 heavy (non-hydrogen) atoms. The number of ether oxygens (including phenoxy) is 4. The van der Waals surface area contributed by atoms with E-state index >= 15 is 0 Å². The molecule has 2 fully saturated rings. The van der Waals surface area contributed by atoms with E-state index in [0.717, 1.165) is 31.2 Å². The van der Waals surface area contributed by atoms with Crippen LogP contribution in [0.2, 0.25) is 0 Å². The quantitative estimate of drug-likeness (QED) is 0.565. The molecule has 0 unspecified atom stereocenters. The number of amides is 2. The van der Waals surface area contributed by atoms with Gasteiger partial charge in [0, 0.05) is 28.8 Å². The van der Waals surface area contributed by atoms with E-state index in [0.29, 0.717) is 34.9 Å². The van der Waals surface area contributed by atoms with Gasteiger partial charge in [0.1, 0.15) is 18.0 Å². The predicted molar refractivity (Wildman–Crippen MR) is 129 cm³/mol. The van der Waals surface area contributed by atoms with Crippen molar-refractivity contribution in [3.63, 3.8) is 0 Å². The Bertz CT molecular complexity index is 1160. The fourth-order valence-electron chi connectivity index (χ4n) is 5.77. The molecule has 6 rings (SSSR count). The summed E-state index contributed by atoms with van der Waals surface area (Å²) in [6.07, 6.45) is 4.06. The molecule has 2 amide bonds. The molecule has 4 atom stereocenters. The summed E-state index contributed by atoms with van der Waals surface area (Å²) in [6.45, 7) is -0.0425. The van der Waals surface area contributed by atoms with E-state index in [4.69, 9.17) is 18.9 Å². The minimum absolute atomic E-state index is 0.00841. The van der Waals surface area contributed by atoms with Crippen molar-refractivity contribution in [2.75, 3.05) is 18.7 Å². The van der Waals surface area contributed by atoms with Crippen LogP contribution in [0.3, 0.4) is 0 Å². The van der Waals surface area contributed by atoms with Crippen LogP contribution < -0.4 is 24.8 Å². The zero-order valence-corrected chi connectivity index (χ0v) is 19.9. The molecule has 3 N–H and O–H groups in total. The van der Waals surface area contributed by atoms with Crippen LogP contribution in [-0.4, -0.2) is 54.7 Å². The third-order valence-electron chi connectivity index (χ3n) is 7.53. The number of carbonyl (C=O) groups is 2. The van der Waals surface area contributed by atoms with Crippen molar-refractivity contribution in [1.29, 1.82) is 0 Å². The SMILES string of the molecule is O=C(C[C@H]1C[C@@H]2c3cc(NC(=O)c4ccc5c(c4)OCO5)ccc3O[C@@H]2[C@H](CO)O1)NC1CCCC1. The molecule has 1 aliphatic carbocycles. The average molecular weight is 495 g/mol. The van der Waals surface area contributed by atoms with Crippen molar-refractivity contribution in [3.05, 3.63) is 47.5 Å². The average Bonchev–Trinajstić information content (AvgIpc) is 3.63. The molecule has 0 spiro atoms. The van der Waals surface area contributed by atoms with E-state index in [1.807, 2.05) is 12.1 Å². The van der Waals surface area contributed by atoms with Gasteiger partial charge in [0.15, 0.2) is 11.5 Å². The summed E-state index contributed by atoms with van der Waals surface area (Å²) in [5.74, 6) is 1.57. The lowest BCUT2D eigenvalue weighted by Crippen LogP contribution is -2.47. The first kappa shape index (κ1) is 23.1. The third kappa shape index (κ3) is 4.49. The Balaban J connectivity index is 1.16. The monoisotopic (exact) mass is 494 g/mol. The molecule has 1 saturated heterocycles. The molecule has 0 aromatic heterocycles. The number of hydrogen-bond acceptors (Lipinski definition) is 7. The summed E-state index contributed by atoms with van der Waals surface area (Å²) in [5, 5.41) is 16.1. The molecule has 190 valence electrons. The van der Waals surface area contributed by atoms with Gasteiger partial charge in [-0.15, -0.1) is 0 Å². The molecule has 0 bridgehead atoms. The van der Waals surface area contributed by atoms with Gasteiger partial charge in [0.25, 0.3) is 5.91 Å². The van der Waals surface area contributed by atoms with Gasteiger partial charge in [-0.05, 0) is 55.7 Å². The van der Waals surface area contributed by atoms with E-state index in [9.17, 15) is 14.7 Å². The second-order valence-corrected chi connectivity index (χ2v) is 9.93. The van der Waals surface area contributed by atoms with Crippen LogP contribution in [0, 0.1) is 0 Å². The van der Waals surface area contributed by atoms with E-state index < -0.39 is 6.10 Å². The van der Waals surface area contributed by atoms with Crippen molar-refractivity contribution in [3.8, 4) is 17.2 Å². The van der Waals surface area contributed by atoms with Gasteiger partial charge >= 0.3 is 0 Å². The van der Waals surface area contributed by atoms with Crippen LogP contribution in [0.1, 0.15) is 60.4 Å². The van der Waals surface area contributed by atoms with Crippen LogP contribution in [0.4, 0.5) is 5.69 Å². The number of carbonyl (C=O) groups excluding carboxylic acids is 2. The van der Waals surface area contributed by atoms with E-state index in [2.05, 4.69) is 10.6 Å². The first-order valence-corrected chi connectivity index (χ1v) is 12.6. The van der Waals surface area contributed by atoms with Gasteiger partial charge in [-0.1, -0.05) is 12.8 Å². The van der Waals surface area contributed by atoms with E-state index in [1.165, 1.54) is 0 Å². The van der Waals surface area contributed by atoms with E-state index in [1.54, 1.807) is 24.3 Å². The largest absolute Gasteiger partial charge is 0.487 e. The summed E-state index contributed by atoms with van der Waals surface area (Å²) < 4.78 is 22.9. The smallest absolute Gasteiger partial charge is 0.255 e. The first-order valence-electron chi connectivity index (χ1n) is 12.6. The molecule has 3 aliphatic heterocycles. The fourth-order valence-corrected chi connectivity index (χ4v) is 5.77. The zero-order chi connectivity index (χ0) is 24.6. The van der Waals surface area contributed by atoms with Gasteiger partial charge < -0.3 is 34.7 Å². The number of aliphatic hydroxyl groups is 1. The summed E-state index contributed by atoms with van der Waals surface area (Å²) in [4.78, 5) is 25.5. The second-order valence-electron chi connectivity index (χ2n) is 9.93. The molecule has 1 saturated carbocycles. The Hall–Kier alpha value is -3.30. The van der Waals surface area contributed by atoms with Crippen LogP contribution >= 0.6 is 0 Å². The van der Waals surface area contributed by atoms with E-state index in [-0.39, 0.29) is 55.8 Å². The Morgan fingerprint density at radius 3 is 2.64 bits per heavy atom. The zero-order valence-electron chi connectivity index (χ0n) is 19.9. The number of aliphatic hydroxyl groups excluding tert-OH is 1. The maximum Gasteiger partial charge on any atom is 0.255 e. The molecule has 0 radical (unpaired) electrons. The molecular formula is C27H30N2O7. The molecular weight excluding hydrogens is 464 g/mol. The Morgan fingerprint density at radius 2 is 1.81 bits per heavy atom. The highest BCUT2D eigenvalue weighted by Gasteiger charge is 2.46. The van der Waals surface area contributed by atoms with Gasteiger partial charge in [-0.2, -0.15) is 0 Å². The molecule has 9 heteroatoms. The van der Waals surface area contributed by atoms with Gasteiger partial charge in [-0.3, -0.25) is 9.59 Å². The molecule has 3 heterocycles. The lowest BCUT2D eigenvalue weighted by atomic mass is 9.84. The van der Waals surface area contributed by atoms with Gasteiger partial charge in [0.2, 0.25) is 12.7 Å². The standard InChI is InChI=1S/C27H30N2O7/c30-13-24-26-20(11-18(35-24)12-25(31)28-16-3-1-2-4-16)19-10-17(6-8-21(19)36-26)29-27(32)15-5-7-22-23(9-15)34-14-33-22/h5-10,16,18,20,24,26,30H,1-4,11-14H2,(H,28,31)(H,29,32)/t18-,20-,24+,26+/m1/s1. The van der Waals surface area contributed by atoms with Crippen molar-refractivity contribution < 1.29 is 33.6 Å². The Morgan fingerprint density at radius 1 is 1.00 bits per heavy atom. The summed E-state index contributed by atoms with van der Waals surface area (Å²) >= 11 is 0. The first-order chi connectivity index (χ1) is 17.6. The van der Waals surface area contributed by atoms with Crippen molar-refractivity contribution >= 4 is 17.5 Å². The normalized spacial score (nSPS) is 26.1. The van der Waals surface area contributed by atoms with Crippen LogP contribution in [0.5, 0.6) is 17.2 Å². The highest BCUT2D eigenvalue weighted by molar-refractivity contribution is 6.04. The fraction of sp³-hybridized carbons (Fsp3) is 0.481. The number of benzene rings is 2. The topological polar surface area (TPSA) is 115 Å².